The van der Waals surface area contributed by atoms with Crippen molar-refractivity contribution in [1.29, 1.82) is 0 Å². The molecule has 2 aromatic rings. The summed E-state index contributed by atoms with van der Waals surface area (Å²) in [5.41, 5.74) is 2.55. The third-order valence-electron chi connectivity index (χ3n) is 5.18. The number of anilines is 1. The number of carbonyl (C=O) groups excluding carboxylic acids is 3. The van der Waals surface area contributed by atoms with Gasteiger partial charge in [-0.2, -0.15) is 0 Å². The van der Waals surface area contributed by atoms with Gasteiger partial charge < -0.3 is 15.1 Å². The summed E-state index contributed by atoms with van der Waals surface area (Å²) in [6, 6.07) is 13.9. The van der Waals surface area contributed by atoms with Crippen LogP contribution in [0.4, 0.5) is 14.9 Å². The third-order valence-corrected chi connectivity index (χ3v) is 5.18. The van der Waals surface area contributed by atoms with Crippen molar-refractivity contribution in [3.05, 3.63) is 66.0 Å². The highest BCUT2D eigenvalue weighted by Crippen LogP contribution is 2.21. The molecular weight excluding hydrogens is 403 g/mol. The second-order valence-corrected chi connectivity index (χ2v) is 7.29. The summed E-state index contributed by atoms with van der Waals surface area (Å²) in [7, 11) is 0. The van der Waals surface area contributed by atoms with E-state index in [0.29, 0.717) is 30.6 Å². The average molecular weight is 428 g/mol. The Bertz CT molecular complexity index is 925. The molecular formula is C22H25FN4O4. The maximum Gasteiger partial charge on any atom is 0.321 e. The first-order chi connectivity index (χ1) is 15.0. The fraction of sp³-hybridized carbons (Fsp3) is 0.318. The number of hydrogen-bond acceptors (Lipinski definition) is 4. The van der Waals surface area contributed by atoms with Crippen molar-refractivity contribution < 1.29 is 24.0 Å². The number of halogens is 1. The minimum absolute atomic E-state index is 0.0523. The summed E-state index contributed by atoms with van der Waals surface area (Å²) in [5.74, 6) is -1.48. The van der Waals surface area contributed by atoms with Crippen molar-refractivity contribution in [2.75, 3.05) is 25.0 Å². The van der Waals surface area contributed by atoms with Crippen molar-refractivity contribution in [2.45, 2.75) is 25.3 Å². The molecule has 1 fully saturated rings. The van der Waals surface area contributed by atoms with E-state index in [0.717, 1.165) is 0 Å². The molecule has 1 aliphatic rings. The van der Waals surface area contributed by atoms with Gasteiger partial charge in [0.15, 0.2) is 0 Å². The first-order valence-electron chi connectivity index (χ1n) is 10.1. The molecule has 1 aliphatic heterocycles. The van der Waals surface area contributed by atoms with Gasteiger partial charge in [-0.3, -0.25) is 14.8 Å². The van der Waals surface area contributed by atoms with Gasteiger partial charge in [0, 0.05) is 18.8 Å². The Hall–Kier alpha value is -3.46. The average Bonchev–Trinajstić information content (AvgIpc) is 3.27. The number of para-hydroxylation sites is 1. The van der Waals surface area contributed by atoms with E-state index in [4.69, 9.17) is 5.21 Å². The van der Waals surface area contributed by atoms with Gasteiger partial charge in [-0.15, -0.1) is 0 Å². The van der Waals surface area contributed by atoms with Gasteiger partial charge in [0.05, 0.1) is 0 Å². The summed E-state index contributed by atoms with van der Waals surface area (Å²) < 4.78 is 14.0. The Morgan fingerprint density at radius 1 is 1.10 bits per heavy atom. The van der Waals surface area contributed by atoms with Crippen LogP contribution in [0, 0.1) is 5.82 Å². The minimum Gasteiger partial charge on any atom is -0.324 e. The molecule has 3 rings (SSSR count). The second-order valence-electron chi connectivity index (χ2n) is 7.29. The van der Waals surface area contributed by atoms with Gasteiger partial charge in [-0.1, -0.05) is 36.4 Å². The van der Waals surface area contributed by atoms with Crippen LogP contribution in [-0.2, 0) is 16.0 Å². The highest BCUT2D eigenvalue weighted by molar-refractivity contribution is 5.97. The van der Waals surface area contributed by atoms with Crippen LogP contribution >= 0.6 is 0 Å². The van der Waals surface area contributed by atoms with E-state index in [1.54, 1.807) is 42.5 Å². The normalized spacial score (nSPS) is 15.4. The fourth-order valence-electron chi connectivity index (χ4n) is 3.60. The van der Waals surface area contributed by atoms with E-state index in [9.17, 15) is 18.8 Å². The van der Waals surface area contributed by atoms with Crippen molar-refractivity contribution in [1.82, 2.24) is 15.3 Å². The Labute approximate surface area is 179 Å². The number of nitrogens with zero attached hydrogens (tertiary/aromatic N) is 2. The van der Waals surface area contributed by atoms with Crippen LogP contribution in [0.25, 0.3) is 0 Å². The molecule has 1 heterocycles. The van der Waals surface area contributed by atoms with Crippen LogP contribution in [0.2, 0.25) is 0 Å². The molecule has 31 heavy (non-hydrogen) atoms. The third kappa shape index (κ3) is 5.79. The predicted molar refractivity (Wildman–Crippen MR) is 112 cm³/mol. The Morgan fingerprint density at radius 3 is 2.52 bits per heavy atom. The van der Waals surface area contributed by atoms with Gasteiger partial charge in [-0.05, 0) is 43.0 Å². The summed E-state index contributed by atoms with van der Waals surface area (Å²) in [6.07, 6.45) is 1.33. The lowest BCUT2D eigenvalue weighted by molar-refractivity contribution is -0.129. The molecule has 3 N–H and O–H groups in total. The zero-order valence-corrected chi connectivity index (χ0v) is 17.0. The predicted octanol–water partition coefficient (Wildman–Crippen LogP) is 2.40. The fourth-order valence-corrected chi connectivity index (χ4v) is 3.60. The molecule has 8 nitrogen and oxygen atoms in total. The van der Waals surface area contributed by atoms with Gasteiger partial charge in [0.2, 0.25) is 5.91 Å². The first-order valence-corrected chi connectivity index (χ1v) is 10.1. The highest BCUT2D eigenvalue weighted by atomic mass is 19.1. The van der Waals surface area contributed by atoms with Gasteiger partial charge in [0.1, 0.15) is 18.4 Å². The molecule has 0 saturated carbocycles. The molecule has 0 aliphatic carbocycles. The first kappa shape index (κ1) is 22.2. The van der Waals surface area contributed by atoms with E-state index in [1.807, 2.05) is 6.07 Å². The van der Waals surface area contributed by atoms with Crippen LogP contribution in [0.1, 0.15) is 18.4 Å². The minimum atomic E-state index is -0.772. The van der Waals surface area contributed by atoms with Crippen LogP contribution in [0.5, 0.6) is 0 Å². The molecule has 164 valence electrons. The number of hydrogen-bond donors (Lipinski definition) is 3. The lowest BCUT2D eigenvalue weighted by atomic mass is 10.1. The molecule has 0 bridgehead atoms. The maximum atomic E-state index is 14.0. The quantitative estimate of drug-likeness (QED) is 0.466. The molecule has 9 heteroatoms. The summed E-state index contributed by atoms with van der Waals surface area (Å²) in [6.45, 7) is 0.00662. The lowest BCUT2D eigenvalue weighted by Gasteiger charge is -2.31. The molecule has 0 spiro atoms. The van der Waals surface area contributed by atoms with Crippen LogP contribution in [-0.4, -0.2) is 58.5 Å². The van der Waals surface area contributed by atoms with Gasteiger partial charge in [-0.25, -0.2) is 14.7 Å². The molecule has 0 aromatic heterocycles. The topological polar surface area (TPSA) is 102 Å². The number of hydroxylamine groups is 1. The summed E-state index contributed by atoms with van der Waals surface area (Å²) in [4.78, 5) is 40.3. The van der Waals surface area contributed by atoms with Crippen LogP contribution in [0.15, 0.2) is 54.6 Å². The van der Waals surface area contributed by atoms with E-state index >= 15 is 0 Å². The van der Waals surface area contributed by atoms with E-state index in [1.165, 1.54) is 21.3 Å². The number of urea groups is 1. The number of likely N-dealkylation sites (tertiary alicyclic amines) is 1. The molecule has 0 radical (unpaired) electrons. The zero-order chi connectivity index (χ0) is 22.2. The lowest BCUT2D eigenvalue weighted by Crippen LogP contribution is -2.52. The van der Waals surface area contributed by atoms with E-state index < -0.39 is 30.3 Å². The SMILES string of the molecule is O=C(CN(CCc1ccccc1F)C(=O)N1CCC[C@H]1C(=O)Nc1ccccc1)NO. The highest BCUT2D eigenvalue weighted by Gasteiger charge is 2.36. The maximum absolute atomic E-state index is 14.0. The molecule has 2 aromatic carbocycles. The van der Waals surface area contributed by atoms with Crippen molar-refractivity contribution >= 4 is 23.5 Å². The largest absolute Gasteiger partial charge is 0.324 e. The van der Waals surface area contributed by atoms with E-state index in [-0.39, 0.29) is 18.9 Å². The number of amides is 4. The van der Waals surface area contributed by atoms with Gasteiger partial charge >= 0.3 is 6.03 Å². The van der Waals surface area contributed by atoms with Gasteiger partial charge in [0.25, 0.3) is 5.91 Å². The summed E-state index contributed by atoms with van der Waals surface area (Å²) >= 11 is 0. The molecule has 1 saturated heterocycles. The Balaban J connectivity index is 1.71. The van der Waals surface area contributed by atoms with Crippen LogP contribution in [0.3, 0.4) is 0 Å². The number of rotatable bonds is 7. The smallest absolute Gasteiger partial charge is 0.321 e. The Kier molecular flexibility index (Phi) is 7.55. The second kappa shape index (κ2) is 10.5. The molecule has 4 amide bonds. The summed E-state index contributed by atoms with van der Waals surface area (Å²) in [5, 5.41) is 11.7. The number of benzene rings is 2. The van der Waals surface area contributed by atoms with Crippen molar-refractivity contribution in [2.24, 2.45) is 0 Å². The monoisotopic (exact) mass is 428 g/mol. The van der Waals surface area contributed by atoms with Crippen LogP contribution < -0.4 is 10.8 Å². The van der Waals surface area contributed by atoms with E-state index in [2.05, 4.69) is 5.32 Å². The molecule has 0 unspecified atom stereocenters. The number of carbonyl (C=O) groups is 3. The van der Waals surface area contributed by atoms with Crippen molar-refractivity contribution in [3.63, 3.8) is 0 Å². The standard InChI is InChI=1S/C22H25FN4O4/c23-18-10-5-4-7-16(18)12-14-26(15-20(28)25-31)22(30)27-13-6-11-19(27)21(29)24-17-8-2-1-3-9-17/h1-5,7-10,19,31H,6,11-15H2,(H,24,29)(H,25,28)/t19-/m0/s1. The Morgan fingerprint density at radius 2 is 1.81 bits per heavy atom. The number of nitrogens with one attached hydrogen (secondary N) is 2. The zero-order valence-electron chi connectivity index (χ0n) is 17.0. The van der Waals surface area contributed by atoms with Crippen molar-refractivity contribution in [3.8, 4) is 0 Å². The molecule has 1 atom stereocenters.